The Morgan fingerprint density at radius 3 is 2.68 bits per heavy atom. The van der Waals surface area contributed by atoms with Crippen LogP contribution in [0.4, 0.5) is 17.5 Å². The molecule has 1 aliphatic carbocycles. The van der Waals surface area contributed by atoms with Crippen molar-refractivity contribution in [3.05, 3.63) is 15.8 Å². The summed E-state index contributed by atoms with van der Waals surface area (Å²) in [7, 11) is 0. The van der Waals surface area contributed by atoms with Gasteiger partial charge in [-0.3, -0.25) is 15.5 Å². The van der Waals surface area contributed by atoms with Crippen molar-refractivity contribution in [3.63, 3.8) is 0 Å². The van der Waals surface area contributed by atoms with E-state index in [1.165, 1.54) is 0 Å². The molecule has 0 radical (unpaired) electrons. The summed E-state index contributed by atoms with van der Waals surface area (Å²) in [5.74, 6) is 5.89. The number of aryl methyl sites for hydroxylation is 1. The largest absolute Gasteiger partial charge is 0.348 e. The first-order valence-corrected chi connectivity index (χ1v) is 6.34. The molecule has 0 unspecified atom stereocenters. The minimum Gasteiger partial charge on any atom is -0.348 e. The molecule has 8 heteroatoms. The molecular formula is C11H18N6O2. The number of rotatable bonds is 6. The van der Waals surface area contributed by atoms with E-state index in [9.17, 15) is 10.1 Å². The van der Waals surface area contributed by atoms with E-state index in [1.54, 1.807) is 6.92 Å². The lowest BCUT2D eigenvalue weighted by atomic mass is 10.3. The number of anilines is 2. The van der Waals surface area contributed by atoms with Crippen LogP contribution in [0, 0.1) is 17.0 Å². The SMILES string of the molecule is CCCN(c1nc(NN)nc(C)c1[N+](=O)[O-])C1CC1. The first kappa shape index (κ1) is 13.5. The summed E-state index contributed by atoms with van der Waals surface area (Å²) in [5.41, 5.74) is 2.65. The highest BCUT2D eigenvalue weighted by Crippen LogP contribution is 2.37. The quantitative estimate of drug-likeness (QED) is 0.454. The second-order valence-electron chi connectivity index (χ2n) is 4.63. The monoisotopic (exact) mass is 266 g/mol. The van der Waals surface area contributed by atoms with Crippen molar-refractivity contribution in [3.8, 4) is 0 Å². The van der Waals surface area contributed by atoms with Gasteiger partial charge in [0.2, 0.25) is 11.8 Å². The molecule has 8 nitrogen and oxygen atoms in total. The molecule has 0 saturated heterocycles. The van der Waals surface area contributed by atoms with Gasteiger partial charge in [-0.15, -0.1) is 0 Å². The number of nitrogen functional groups attached to an aromatic ring is 1. The molecule has 3 N–H and O–H groups in total. The summed E-state index contributed by atoms with van der Waals surface area (Å²) in [6, 6.07) is 0.346. The Labute approximate surface area is 111 Å². The van der Waals surface area contributed by atoms with E-state index in [2.05, 4.69) is 15.4 Å². The van der Waals surface area contributed by atoms with Gasteiger partial charge >= 0.3 is 5.69 Å². The number of hydrogen-bond donors (Lipinski definition) is 2. The Bertz CT molecular complexity index is 488. The second-order valence-corrected chi connectivity index (χ2v) is 4.63. The molecule has 1 heterocycles. The van der Waals surface area contributed by atoms with Crippen molar-refractivity contribution in [2.45, 2.75) is 39.2 Å². The van der Waals surface area contributed by atoms with E-state index in [4.69, 9.17) is 5.84 Å². The van der Waals surface area contributed by atoms with E-state index in [0.717, 1.165) is 25.8 Å². The van der Waals surface area contributed by atoms with Crippen LogP contribution in [0.3, 0.4) is 0 Å². The molecule has 1 fully saturated rings. The number of nitrogens with two attached hydrogens (primary N) is 1. The third-order valence-corrected chi connectivity index (χ3v) is 3.08. The van der Waals surface area contributed by atoms with Crippen LogP contribution in [0.2, 0.25) is 0 Å². The molecule has 0 spiro atoms. The molecule has 0 bridgehead atoms. The third-order valence-electron chi connectivity index (χ3n) is 3.08. The lowest BCUT2D eigenvalue weighted by Gasteiger charge is -2.23. The normalized spacial score (nSPS) is 14.3. The zero-order valence-corrected chi connectivity index (χ0v) is 11.1. The van der Waals surface area contributed by atoms with Crippen molar-refractivity contribution >= 4 is 17.5 Å². The maximum absolute atomic E-state index is 11.2. The van der Waals surface area contributed by atoms with Gasteiger partial charge in [-0.05, 0) is 26.2 Å². The third kappa shape index (κ3) is 2.73. The predicted octanol–water partition coefficient (Wildman–Crippen LogP) is 1.36. The molecule has 19 heavy (non-hydrogen) atoms. The van der Waals surface area contributed by atoms with E-state index in [0.29, 0.717) is 17.6 Å². The number of nitrogens with one attached hydrogen (secondary N) is 1. The highest BCUT2D eigenvalue weighted by molar-refractivity contribution is 5.63. The minimum absolute atomic E-state index is 0.0284. The molecule has 104 valence electrons. The zero-order valence-electron chi connectivity index (χ0n) is 11.1. The highest BCUT2D eigenvalue weighted by Gasteiger charge is 2.35. The Kier molecular flexibility index (Phi) is 3.79. The zero-order chi connectivity index (χ0) is 14.0. The van der Waals surface area contributed by atoms with Crippen molar-refractivity contribution in [1.29, 1.82) is 0 Å². The topological polar surface area (TPSA) is 110 Å². The van der Waals surface area contributed by atoms with Crippen LogP contribution in [0.5, 0.6) is 0 Å². The van der Waals surface area contributed by atoms with E-state index in [-0.39, 0.29) is 11.6 Å². The van der Waals surface area contributed by atoms with Crippen molar-refractivity contribution in [1.82, 2.24) is 9.97 Å². The van der Waals surface area contributed by atoms with Gasteiger partial charge in [0.05, 0.1) is 4.92 Å². The Hall–Kier alpha value is -1.96. The fourth-order valence-electron chi connectivity index (χ4n) is 2.12. The van der Waals surface area contributed by atoms with Gasteiger partial charge in [-0.2, -0.15) is 4.98 Å². The average molecular weight is 266 g/mol. The van der Waals surface area contributed by atoms with Gasteiger partial charge in [0.1, 0.15) is 5.69 Å². The highest BCUT2D eigenvalue weighted by atomic mass is 16.6. The molecule has 1 saturated carbocycles. The van der Waals surface area contributed by atoms with Crippen LogP contribution in [-0.2, 0) is 0 Å². The van der Waals surface area contributed by atoms with Crippen LogP contribution in [0.1, 0.15) is 31.9 Å². The number of aromatic nitrogens is 2. The van der Waals surface area contributed by atoms with Gasteiger partial charge in [0.15, 0.2) is 0 Å². The number of hydrazine groups is 1. The second kappa shape index (κ2) is 5.35. The summed E-state index contributed by atoms with van der Waals surface area (Å²) in [5, 5.41) is 11.2. The fraction of sp³-hybridized carbons (Fsp3) is 0.636. The van der Waals surface area contributed by atoms with Gasteiger partial charge in [0.25, 0.3) is 0 Å². The van der Waals surface area contributed by atoms with Crippen LogP contribution in [-0.4, -0.2) is 27.5 Å². The maximum Gasteiger partial charge on any atom is 0.332 e. The number of nitro groups is 1. The number of nitrogens with zero attached hydrogens (tertiary/aromatic N) is 4. The van der Waals surface area contributed by atoms with Crippen LogP contribution in [0.15, 0.2) is 0 Å². The molecule has 1 aromatic heterocycles. The van der Waals surface area contributed by atoms with Crippen molar-refractivity contribution < 1.29 is 4.92 Å². The van der Waals surface area contributed by atoms with E-state index in [1.807, 2.05) is 11.8 Å². The Balaban J connectivity index is 2.50. The number of hydrogen-bond acceptors (Lipinski definition) is 7. The predicted molar refractivity (Wildman–Crippen MR) is 71.9 cm³/mol. The maximum atomic E-state index is 11.2. The van der Waals surface area contributed by atoms with Crippen molar-refractivity contribution in [2.75, 3.05) is 16.9 Å². The van der Waals surface area contributed by atoms with E-state index < -0.39 is 4.92 Å². The van der Waals surface area contributed by atoms with Gasteiger partial charge in [0, 0.05) is 12.6 Å². The summed E-state index contributed by atoms with van der Waals surface area (Å²) in [6.07, 6.45) is 3.00. The van der Waals surface area contributed by atoms with Crippen molar-refractivity contribution in [2.24, 2.45) is 5.84 Å². The molecule has 1 aromatic rings. The lowest BCUT2D eigenvalue weighted by molar-refractivity contribution is -0.385. The average Bonchev–Trinajstić information content (AvgIpc) is 3.18. The van der Waals surface area contributed by atoms with Gasteiger partial charge < -0.3 is 4.90 Å². The molecule has 0 aliphatic heterocycles. The standard InChI is InChI=1S/C11H18N6O2/c1-3-6-16(8-4-5-8)10-9(17(18)19)7(2)13-11(14-10)15-12/h8H,3-6,12H2,1-2H3,(H,13,14,15). The molecule has 2 rings (SSSR count). The molecule has 1 aliphatic rings. The molecule has 0 aromatic carbocycles. The minimum atomic E-state index is -0.421. The summed E-state index contributed by atoms with van der Waals surface area (Å²) >= 11 is 0. The summed E-state index contributed by atoms with van der Waals surface area (Å²) in [4.78, 5) is 21.0. The summed E-state index contributed by atoms with van der Waals surface area (Å²) < 4.78 is 0. The van der Waals surface area contributed by atoms with Gasteiger partial charge in [-0.25, -0.2) is 10.8 Å². The smallest absolute Gasteiger partial charge is 0.332 e. The molecular weight excluding hydrogens is 248 g/mol. The fourth-order valence-corrected chi connectivity index (χ4v) is 2.12. The molecule has 0 amide bonds. The van der Waals surface area contributed by atoms with Gasteiger partial charge in [-0.1, -0.05) is 6.92 Å². The van der Waals surface area contributed by atoms with Crippen LogP contribution in [0.25, 0.3) is 0 Å². The van der Waals surface area contributed by atoms with Crippen LogP contribution >= 0.6 is 0 Å². The Morgan fingerprint density at radius 2 is 2.21 bits per heavy atom. The first-order valence-electron chi connectivity index (χ1n) is 6.34. The Morgan fingerprint density at radius 1 is 1.53 bits per heavy atom. The van der Waals surface area contributed by atoms with E-state index >= 15 is 0 Å². The van der Waals surface area contributed by atoms with Crippen LogP contribution < -0.4 is 16.2 Å². The lowest BCUT2D eigenvalue weighted by Crippen LogP contribution is -2.29. The summed E-state index contributed by atoms with van der Waals surface area (Å²) in [6.45, 7) is 4.38. The molecule has 0 atom stereocenters. The first-order chi connectivity index (χ1) is 9.08.